The van der Waals surface area contributed by atoms with Gasteiger partial charge in [0, 0.05) is 35.5 Å². The first-order valence-electron chi connectivity index (χ1n) is 10.1. The van der Waals surface area contributed by atoms with Gasteiger partial charge in [0.25, 0.3) is 5.91 Å². The lowest BCUT2D eigenvalue weighted by Gasteiger charge is -2.17. The Bertz CT molecular complexity index is 1170. The second-order valence-corrected chi connectivity index (χ2v) is 7.24. The van der Waals surface area contributed by atoms with Crippen LogP contribution in [0.25, 0.3) is 0 Å². The van der Waals surface area contributed by atoms with Crippen molar-refractivity contribution in [3.63, 3.8) is 0 Å². The smallest absolute Gasteiger partial charge is 0.255 e. The van der Waals surface area contributed by atoms with Crippen molar-refractivity contribution in [3.8, 4) is 11.8 Å². The van der Waals surface area contributed by atoms with Crippen LogP contribution in [0.15, 0.2) is 72.8 Å². The molecule has 6 heteroatoms. The summed E-state index contributed by atoms with van der Waals surface area (Å²) < 4.78 is 5.80. The maximum atomic E-state index is 12.7. The first-order chi connectivity index (χ1) is 15.1. The molecule has 0 bridgehead atoms. The minimum atomic E-state index is -0.271. The van der Waals surface area contributed by atoms with Gasteiger partial charge in [-0.15, -0.1) is 0 Å². The van der Waals surface area contributed by atoms with Gasteiger partial charge in [-0.25, -0.2) is 0 Å². The summed E-state index contributed by atoms with van der Waals surface area (Å²) in [5, 5.41) is 12.1. The molecule has 0 aliphatic carbocycles. The summed E-state index contributed by atoms with van der Waals surface area (Å²) in [6.45, 7) is 0.936. The first kappa shape index (κ1) is 20.2. The number of hydrogen-bond donors (Lipinski definition) is 1. The lowest BCUT2D eigenvalue weighted by Crippen LogP contribution is -2.23. The highest BCUT2D eigenvalue weighted by Gasteiger charge is 2.21. The molecular weight excluding hydrogens is 390 g/mol. The van der Waals surface area contributed by atoms with E-state index in [-0.39, 0.29) is 18.4 Å². The molecule has 1 N–H and O–H groups in total. The van der Waals surface area contributed by atoms with Crippen LogP contribution in [0.4, 0.5) is 11.4 Å². The molecule has 0 aromatic heterocycles. The van der Waals surface area contributed by atoms with E-state index in [1.54, 1.807) is 47.4 Å². The maximum Gasteiger partial charge on any atom is 0.255 e. The molecule has 1 heterocycles. The maximum absolute atomic E-state index is 12.7. The van der Waals surface area contributed by atoms with E-state index < -0.39 is 0 Å². The number of anilines is 2. The van der Waals surface area contributed by atoms with Gasteiger partial charge >= 0.3 is 0 Å². The third-order valence-electron chi connectivity index (χ3n) is 5.12. The van der Waals surface area contributed by atoms with Gasteiger partial charge in [-0.3, -0.25) is 9.59 Å². The summed E-state index contributed by atoms with van der Waals surface area (Å²) in [6, 6.07) is 23.6. The molecule has 1 saturated heterocycles. The van der Waals surface area contributed by atoms with Gasteiger partial charge in [-0.1, -0.05) is 30.3 Å². The molecule has 4 rings (SSSR count). The van der Waals surface area contributed by atoms with Crippen molar-refractivity contribution in [1.82, 2.24) is 0 Å². The molecule has 1 aliphatic heterocycles. The number of carbonyl (C=O) groups is 2. The highest BCUT2D eigenvalue weighted by Crippen LogP contribution is 2.25. The van der Waals surface area contributed by atoms with Crippen LogP contribution in [0, 0.1) is 11.3 Å². The number of nitrogens with zero attached hydrogens (tertiary/aromatic N) is 2. The van der Waals surface area contributed by atoms with Crippen LogP contribution in [-0.2, 0) is 11.4 Å². The van der Waals surface area contributed by atoms with Crippen molar-refractivity contribution in [2.24, 2.45) is 0 Å². The Morgan fingerprint density at radius 3 is 2.71 bits per heavy atom. The number of carbonyl (C=O) groups excluding carboxylic acids is 2. The number of rotatable bonds is 6. The van der Waals surface area contributed by atoms with Crippen molar-refractivity contribution >= 4 is 23.2 Å². The van der Waals surface area contributed by atoms with E-state index in [4.69, 9.17) is 4.74 Å². The fourth-order valence-electron chi connectivity index (χ4n) is 3.52. The van der Waals surface area contributed by atoms with Crippen molar-refractivity contribution in [2.45, 2.75) is 19.4 Å². The van der Waals surface area contributed by atoms with Crippen LogP contribution in [0.2, 0.25) is 0 Å². The highest BCUT2D eigenvalue weighted by molar-refractivity contribution is 6.05. The third kappa shape index (κ3) is 4.73. The van der Waals surface area contributed by atoms with Gasteiger partial charge in [0.05, 0.1) is 11.6 Å². The van der Waals surface area contributed by atoms with Crippen LogP contribution in [0.3, 0.4) is 0 Å². The van der Waals surface area contributed by atoms with Crippen molar-refractivity contribution in [1.29, 1.82) is 5.26 Å². The standard InChI is InChI=1S/C25H21N3O3/c26-16-19-6-1-2-7-20(19)17-31-23-11-3-8-18(14-23)25(30)27-21-9-4-10-22(15-21)28-13-5-12-24(28)29/h1-4,6-11,14-15H,5,12-13,17H2,(H,27,30). The Balaban J connectivity index is 1.44. The monoisotopic (exact) mass is 411 g/mol. The fraction of sp³-hybridized carbons (Fsp3) is 0.160. The van der Waals surface area contributed by atoms with Gasteiger partial charge in [-0.05, 0) is 48.9 Å². The van der Waals surface area contributed by atoms with Crippen LogP contribution < -0.4 is 15.0 Å². The Hall–Kier alpha value is -4.11. The average Bonchev–Trinajstić information content (AvgIpc) is 3.24. The number of nitrogens with one attached hydrogen (secondary N) is 1. The molecule has 0 spiro atoms. The zero-order chi connectivity index (χ0) is 21.6. The third-order valence-corrected chi connectivity index (χ3v) is 5.12. The van der Waals surface area contributed by atoms with Crippen molar-refractivity contribution < 1.29 is 14.3 Å². The lowest BCUT2D eigenvalue weighted by atomic mass is 10.1. The number of hydrogen-bond acceptors (Lipinski definition) is 4. The van der Waals surface area contributed by atoms with Gasteiger partial charge in [-0.2, -0.15) is 5.26 Å². The van der Waals surface area contributed by atoms with Gasteiger partial charge in [0.15, 0.2) is 0 Å². The summed E-state index contributed by atoms with van der Waals surface area (Å²) in [5.41, 5.74) is 3.21. The Morgan fingerprint density at radius 2 is 1.90 bits per heavy atom. The largest absolute Gasteiger partial charge is 0.489 e. The zero-order valence-electron chi connectivity index (χ0n) is 16.9. The van der Waals surface area contributed by atoms with E-state index >= 15 is 0 Å². The van der Waals surface area contributed by atoms with Crippen LogP contribution in [0.1, 0.15) is 34.3 Å². The minimum Gasteiger partial charge on any atom is -0.489 e. The molecule has 0 unspecified atom stereocenters. The Morgan fingerprint density at radius 1 is 1.06 bits per heavy atom. The zero-order valence-corrected chi connectivity index (χ0v) is 16.9. The quantitative estimate of drug-likeness (QED) is 0.647. The van der Waals surface area contributed by atoms with Gasteiger partial charge in [0.2, 0.25) is 5.91 Å². The number of benzene rings is 3. The van der Waals surface area contributed by atoms with Crippen LogP contribution >= 0.6 is 0 Å². The topological polar surface area (TPSA) is 82.4 Å². The van der Waals surface area contributed by atoms with Crippen LogP contribution in [-0.4, -0.2) is 18.4 Å². The van der Waals surface area contributed by atoms with E-state index in [1.165, 1.54) is 0 Å². The molecule has 0 saturated carbocycles. The SMILES string of the molecule is N#Cc1ccccc1COc1cccc(C(=O)Nc2cccc(N3CCCC3=O)c2)c1. The van der Waals surface area contributed by atoms with Gasteiger partial charge < -0.3 is 15.0 Å². The number of ether oxygens (including phenoxy) is 1. The minimum absolute atomic E-state index is 0.103. The predicted molar refractivity (Wildman–Crippen MR) is 118 cm³/mol. The van der Waals surface area contributed by atoms with Crippen molar-refractivity contribution in [2.75, 3.05) is 16.8 Å². The highest BCUT2D eigenvalue weighted by atomic mass is 16.5. The predicted octanol–water partition coefficient (Wildman–Crippen LogP) is 4.52. The molecule has 31 heavy (non-hydrogen) atoms. The van der Waals surface area contributed by atoms with E-state index in [0.29, 0.717) is 35.5 Å². The van der Waals surface area contributed by atoms with E-state index in [1.807, 2.05) is 30.3 Å². The van der Waals surface area contributed by atoms with Gasteiger partial charge in [0.1, 0.15) is 12.4 Å². The summed E-state index contributed by atoms with van der Waals surface area (Å²) in [4.78, 5) is 26.5. The Labute approximate surface area is 180 Å². The molecule has 3 aromatic carbocycles. The molecule has 154 valence electrons. The summed E-state index contributed by atoms with van der Waals surface area (Å²) in [6.07, 6.45) is 1.41. The second kappa shape index (κ2) is 9.14. The van der Waals surface area contributed by atoms with Crippen molar-refractivity contribution in [3.05, 3.63) is 89.5 Å². The molecule has 3 aromatic rings. The number of amides is 2. The Kier molecular flexibility index (Phi) is 5.95. The first-order valence-corrected chi connectivity index (χ1v) is 10.1. The molecule has 0 atom stereocenters. The lowest BCUT2D eigenvalue weighted by molar-refractivity contribution is -0.117. The van der Waals surface area contributed by atoms with E-state index in [0.717, 1.165) is 17.7 Å². The number of nitriles is 1. The fourth-order valence-corrected chi connectivity index (χ4v) is 3.52. The summed E-state index contributed by atoms with van der Waals surface area (Å²) >= 11 is 0. The summed E-state index contributed by atoms with van der Waals surface area (Å²) in [5.74, 6) is 0.371. The average molecular weight is 411 g/mol. The van der Waals surface area contributed by atoms with Crippen LogP contribution in [0.5, 0.6) is 5.75 Å². The molecule has 1 aliphatic rings. The molecule has 6 nitrogen and oxygen atoms in total. The summed E-state index contributed by atoms with van der Waals surface area (Å²) in [7, 11) is 0. The molecule has 1 fully saturated rings. The van der Waals surface area contributed by atoms with E-state index in [9.17, 15) is 14.9 Å². The molecular formula is C25H21N3O3. The molecule has 2 amide bonds. The van der Waals surface area contributed by atoms with E-state index in [2.05, 4.69) is 11.4 Å². The second-order valence-electron chi connectivity index (χ2n) is 7.24. The molecule has 0 radical (unpaired) electrons. The normalized spacial score (nSPS) is 13.0.